The van der Waals surface area contributed by atoms with Crippen LogP contribution in [0.5, 0.6) is 0 Å². The summed E-state index contributed by atoms with van der Waals surface area (Å²) in [5.41, 5.74) is -0.0462. The fourth-order valence-electron chi connectivity index (χ4n) is 1.90. The molecule has 1 aliphatic heterocycles. The van der Waals surface area contributed by atoms with Crippen molar-refractivity contribution >= 4 is 16.0 Å². The van der Waals surface area contributed by atoms with Crippen molar-refractivity contribution < 1.29 is 23.1 Å². The summed E-state index contributed by atoms with van der Waals surface area (Å²) in [6.45, 7) is 0.671. The SMILES string of the molecule is COC1CCN(S(=O)(=O)c2ccc(C(=O)O)cn2)C1. The van der Waals surface area contributed by atoms with Crippen LogP contribution in [0.3, 0.4) is 0 Å². The molecule has 8 heteroatoms. The molecule has 0 amide bonds. The Hall–Kier alpha value is -1.51. The second kappa shape index (κ2) is 5.24. The third kappa shape index (κ3) is 2.75. The van der Waals surface area contributed by atoms with Crippen molar-refractivity contribution in [1.29, 1.82) is 0 Å². The minimum atomic E-state index is -3.67. The molecule has 1 aromatic heterocycles. The monoisotopic (exact) mass is 286 g/mol. The highest BCUT2D eigenvalue weighted by Crippen LogP contribution is 2.20. The Morgan fingerprint density at radius 3 is 2.74 bits per heavy atom. The Labute approximate surface area is 110 Å². The lowest BCUT2D eigenvalue weighted by molar-refractivity contribution is 0.0696. The Balaban J connectivity index is 2.22. The van der Waals surface area contributed by atoms with E-state index in [0.29, 0.717) is 19.5 Å². The lowest BCUT2D eigenvalue weighted by Crippen LogP contribution is -2.30. The van der Waals surface area contributed by atoms with Gasteiger partial charge >= 0.3 is 5.97 Å². The molecule has 1 unspecified atom stereocenters. The van der Waals surface area contributed by atoms with Gasteiger partial charge in [0.1, 0.15) is 0 Å². The molecule has 0 saturated carbocycles. The highest BCUT2D eigenvalue weighted by molar-refractivity contribution is 7.89. The Kier molecular flexibility index (Phi) is 3.83. The van der Waals surface area contributed by atoms with E-state index in [4.69, 9.17) is 9.84 Å². The first-order valence-electron chi connectivity index (χ1n) is 5.67. The van der Waals surface area contributed by atoms with Crippen molar-refractivity contribution in [3.63, 3.8) is 0 Å². The number of hydrogen-bond donors (Lipinski definition) is 1. The van der Waals surface area contributed by atoms with Crippen LogP contribution < -0.4 is 0 Å². The largest absolute Gasteiger partial charge is 0.478 e. The Morgan fingerprint density at radius 1 is 1.53 bits per heavy atom. The molecule has 1 N–H and O–H groups in total. The summed E-state index contributed by atoms with van der Waals surface area (Å²) in [7, 11) is -2.13. The van der Waals surface area contributed by atoms with Gasteiger partial charge in [-0.3, -0.25) is 0 Å². The van der Waals surface area contributed by atoms with Gasteiger partial charge in [0.15, 0.2) is 5.03 Å². The van der Waals surface area contributed by atoms with Crippen LogP contribution in [0, 0.1) is 0 Å². The van der Waals surface area contributed by atoms with E-state index in [9.17, 15) is 13.2 Å². The second-order valence-corrected chi connectivity index (χ2v) is 6.08. The van der Waals surface area contributed by atoms with Gasteiger partial charge < -0.3 is 9.84 Å². The number of hydrogen-bond acceptors (Lipinski definition) is 5. The maximum atomic E-state index is 12.2. The minimum absolute atomic E-state index is 0.0462. The highest BCUT2D eigenvalue weighted by atomic mass is 32.2. The van der Waals surface area contributed by atoms with E-state index in [-0.39, 0.29) is 16.7 Å². The van der Waals surface area contributed by atoms with Gasteiger partial charge in [0, 0.05) is 26.4 Å². The van der Waals surface area contributed by atoms with Crippen molar-refractivity contribution in [2.45, 2.75) is 17.6 Å². The average molecular weight is 286 g/mol. The maximum Gasteiger partial charge on any atom is 0.337 e. The summed E-state index contributed by atoms with van der Waals surface area (Å²) < 4.78 is 30.9. The molecule has 0 bridgehead atoms. The van der Waals surface area contributed by atoms with Crippen LogP contribution in [0.4, 0.5) is 0 Å². The van der Waals surface area contributed by atoms with E-state index < -0.39 is 16.0 Å². The third-order valence-electron chi connectivity index (χ3n) is 3.03. The van der Waals surface area contributed by atoms with Crippen molar-refractivity contribution in [3.8, 4) is 0 Å². The van der Waals surface area contributed by atoms with Crippen LogP contribution in [0.25, 0.3) is 0 Å². The quantitative estimate of drug-likeness (QED) is 0.848. The van der Waals surface area contributed by atoms with E-state index in [0.717, 1.165) is 6.20 Å². The summed E-state index contributed by atoms with van der Waals surface area (Å²) in [5.74, 6) is -1.14. The summed E-state index contributed by atoms with van der Waals surface area (Å²) >= 11 is 0. The summed E-state index contributed by atoms with van der Waals surface area (Å²) in [6, 6.07) is 2.44. The Morgan fingerprint density at radius 2 is 2.26 bits per heavy atom. The van der Waals surface area contributed by atoms with Crippen LogP contribution in [-0.2, 0) is 14.8 Å². The number of aromatic nitrogens is 1. The third-order valence-corrected chi connectivity index (χ3v) is 4.81. The molecule has 0 spiro atoms. The van der Waals surface area contributed by atoms with Gasteiger partial charge in [0.2, 0.25) is 0 Å². The van der Waals surface area contributed by atoms with Crippen LogP contribution in [0.1, 0.15) is 16.8 Å². The number of pyridine rings is 1. The molecule has 7 nitrogen and oxygen atoms in total. The first-order chi connectivity index (χ1) is 8.95. The lowest BCUT2D eigenvalue weighted by atomic mass is 10.3. The van der Waals surface area contributed by atoms with Gasteiger partial charge in [-0.05, 0) is 18.6 Å². The number of ether oxygens (including phenoxy) is 1. The van der Waals surface area contributed by atoms with Crippen LogP contribution in [0.15, 0.2) is 23.4 Å². The van der Waals surface area contributed by atoms with Crippen LogP contribution in [-0.4, -0.2) is 55.1 Å². The number of sulfonamides is 1. The molecule has 0 aromatic carbocycles. The fraction of sp³-hybridized carbons (Fsp3) is 0.455. The number of carbonyl (C=O) groups is 1. The number of nitrogens with zero attached hydrogens (tertiary/aromatic N) is 2. The smallest absolute Gasteiger partial charge is 0.337 e. The molecule has 1 saturated heterocycles. The molecule has 2 heterocycles. The van der Waals surface area contributed by atoms with Crippen LogP contribution >= 0.6 is 0 Å². The average Bonchev–Trinajstić information content (AvgIpc) is 2.88. The molecule has 104 valence electrons. The standard InChI is InChI=1S/C11H14N2O5S/c1-18-9-4-5-13(7-9)19(16,17)10-3-2-8(6-12-10)11(14)15/h2-3,6,9H,4-5,7H2,1H3,(H,14,15). The summed E-state index contributed by atoms with van der Waals surface area (Å²) in [4.78, 5) is 14.4. The number of rotatable bonds is 4. The molecule has 1 aliphatic rings. The van der Waals surface area contributed by atoms with Crippen molar-refractivity contribution in [2.75, 3.05) is 20.2 Å². The molecule has 0 radical (unpaired) electrons. The van der Waals surface area contributed by atoms with E-state index in [1.54, 1.807) is 7.11 Å². The van der Waals surface area contributed by atoms with Gasteiger partial charge in [0.05, 0.1) is 11.7 Å². The zero-order chi connectivity index (χ0) is 14.0. The normalized spacial score (nSPS) is 20.6. The molecule has 19 heavy (non-hydrogen) atoms. The van der Waals surface area contributed by atoms with Gasteiger partial charge in [-0.15, -0.1) is 0 Å². The molecule has 2 rings (SSSR count). The van der Waals surface area contributed by atoms with Crippen molar-refractivity contribution in [2.24, 2.45) is 0 Å². The summed E-state index contributed by atoms with van der Waals surface area (Å²) in [5, 5.41) is 8.60. The zero-order valence-electron chi connectivity index (χ0n) is 10.3. The van der Waals surface area contributed by atoms with Crippen LogP contribution in [0.2, 0.25) is 0 Å². The fourth-order valence-corrected chi connectivity index (χ4v) is 3.30. The molecular formula is C11H14N2O5S. The van der Waals surface area contributed by atoms with Gasteiger partial charge in [-0.25, -0.2) is 18.2 Å². The van der Waals surface area contributed by atoms with Gasteiger partial charge in [-0.1, -0.05) is 0 Å². The van der Waals surface area contributed by atoms with Crippen molar-refractivity contribution in [3.05, 3.63) is 23.9 Å². The van der Waals surface area contributed by atoms with Crippen molar-refractivity contribution in [1.82, 2.24) is 9.29 Å². The predicted molar refractivity (Wildman–Crippen MR) is 65.4 cm³/mol. The maximum absolute atomic E-state index is 12.2. The number of carboxylic acids is 1. The Bertz CT molecular complexity index is 569. The molecule has 1 aromatic rings. The molecule has 1 atom stereocenters. The minimum Gasteiger partial charge on any atom is -0.478 e. The summed E-state index contributed by atoms with van der Waals surface area (Å²) in [6.07, 6.45) is 1.58. The number of carboxylic acid groups (broad SMARTS) is 1. The first-order valence-corrected chi connectivity index (χ1v) is 7.11. The number of aromatic carboxylic acids is 1. The highest BCUT2D eigenvalue weighted by Gasteiger charge is 2.33. The molecule has 0 aliphatic carbocycles. The predicted octanol–water partition coefficient (Wildman–Crippen LogP) is 0.189. The van der Waals surface area contributed by atoms with E-state index in [1.807, 2.05) is 0 Å². The van der Waals surface area contributed by atoms with E-state index in [1.165, 1.54) is 16.4 Å². The lowest BCUT2D eigenvalue weighted by Gasteiger charge is -2.15. The number of methoxy groups -OCH3 is 1. The zero-order valence-corrected chi connectivity index (χ0v) is 11.1. The van der Waals surface area contributed by atoms with Gasteiger partial charge in [-0.2, -0.15) is 4.31 Å². The van der Waals surface area contributed by atoms with E-state index >= 15 is 0 Å². The molecule has 1 fully saturated rings. The first kappa shape index (κ1) is 13.9. The molecular weight excluding hydrogens is 272 g/mol. The second-order valence-electron chi connectivity index (χ2n) is 4.20. The topological polar surface area (TPSA) is 96.8 Å². The van der Waals surface area contributed by atoms with E-state index in [2.05, 4.69) is 4.98 Å². The van der Waals surface area contributed by atoms with Gasteiger partial charge in [0.25, 0.3) is 10.0 Å².